The number of ether oxygens (including phenoxy) is 1. The van der Waals surface area contributed by atoms with Crippen LogP contribution < -0.4 is 4.74 Å². The van der Waals surface area contributed by atoms with Gasteiger partial charge in [-0.25, -0.2) is 4.98 Å². The van der Waals surface area contributed by atoms with Crippen LogP contribution in [0.25, 0.3) is 0 Å². The average molecular weight is 445 g/mol. The summed E-state index contributed by atoms with van der Waals surface area (Å²) in [4.78, 5) is 22.7. The molecule has 0 spiro atoms. The first-order valence-electron chi connectivity index (χ1n) is 10.4. The zero-order valence-electron chi connectivity index (χ0n) is 17.8. The minimum atomic E-state index is -0.347. The van der Waals surface area contributed by atoms with Crippen LogP contribution >= 0.6 is 11.8 Å². The van der Waals surface area contributed by atoms with E-state index in [0.29, 0.717) is 36.8 Å². The molecule has 0 aliphatic carbocycles. The highest BCUT2D eigenvalue weighted by Crippen LogP contribution is 2.30. The molecular formula is C25H24N4O2S. The summed E-state index contributed by atoms with van der Waals surface area (Å²) in [5, 5.41) is 10.5. The molecule has 1 amide bonds. The number of carbonyl (C=O) groups is 1. The summed E-state index contributed by atoms with van der Waals surface area (Å²) >= 11 is 1.49. The van der Waals surface area contributed by atoms with E-state index in [1.54, 1.807) is 19.4 Å². The molecule has 0 radical (unpaired) electrons. The predicted molar refractivity (Wildman–Crippen MR) is 124 cm³/mol. The number of nitriles is 1. The molecule has 1 unspecified atom stereocenters. The highest BCUT2D eigenvalue weighted by atomic mass is 32.2. The molecule has 32 heavy (non-hydrogen) atoms. The van der Waals surface area contributed by atoms with Gasteiger partial charge in [0.05, 0.1) is 18.7 Å². The van der Waals surface area contributed by atoms with E-state index in [-0.39, 0.29) is 11.9 Å². The van der Waals surface area contributed by atoms with Crippen molar-refractivity contribution in [3.8, 4) is 11.8 Å². The van der Waals surface area contributed by atoms with E-state index < -0.39 is 0 Å². The number of carbonyl (C=O) groups excluding carboxylic acids is 1. The number of amides is 1. The van der Waals surface area contributed by atoms with Gasteiger partial charge in [0.2, 0.25) is 0 Å². The smallest absolute Gasteiger partial charge is 0.256 e. The fourth-order valence-electron chi connectivity index (χ4n) is 3.74. The van der Waals surface area contributed by atoms with Gasteiger partial charge in [0.1, 0.15) is 16.8 Å². The second-order valence-corrected chi connectivity index (χ2v) is 8.47. The monoisotopic (exact) mass is 444 g/mol. The quantitative estimate of drug-likeness (QED) is 0.566. The molecule has 3 aromatic rings. The topological polar surface area (TPSA) is 69.5 Å². The largest absolute Gasteiger partial charge is 0.497 e. The van der Waals surface area contributed by atoms with Crippen molar-refractivity contribution in [2.45, 2.75) is 16.0 Å². The van der Waals surface area contributed by atoms with Crippen molar-refractivity contribution < 1.29 is 9.53 Å². The molecule has 1 aromatic heterocycles. The summed E-state index contributed by atoms with van der Waals surface area (Å²) in [6.45, 7) is 2.41. The lowest BCUT2D eigenvalue weighted by molar-refractivity contribution is 0.0602. The number of benzene rings is 2. The van der Waals surface area contributed by atoms with Crippen LogP contribution in [0.2, 0.25) is 0 Å². The summed E-state index contributed by atoms with van der Waals surface area (Å²) in [7, 11) is 1.62. The van der Waals surface area contributed by atoms with E-state index in [2.05, 4.69) is 16.0 Å². The molecule has 1 saturated heterocycles. The lowest BCUT2D eigenvalue weighted by atomic mass is 10.1. The van der Waals surface area contributed by atoms with E-state index in [1.807, 2.05) is 65.6 Å². The third kappa shape index (κ3) is 4.93. The van der Waals surface area contributed by atoms with Gasteiger partial charge >= 0.3 is 0 Å². The number of piperazine rings is 1. The maximum atomic E-state index is 13.3. The SMILES string of the molecule is COc1ccc(C(C#N)N2CCN(C(=O)c3cccnc3Sc3ccccc3)CC2)cc1. The van der Waals surface area contributed by atoms with Crippen LogP contribution in [0.1, 0.15) is 22.0 Å². The van der Waals surface area contributed by atoms with Crippen LogP contribution in [-0.4, -0.2) is 54.0 Å². The molecule has 1 atom stereocenters. The Morgan fingerprint density at radius 2 is 1.75 bits per heavy atom. The van der Waals surface area contributed by atoms with Gasteiger partial charge in [0.25, 0.3) is 5.91 Å². The van der Waals surface area contributed by atoms with Crippen molar-refractivity contribution in [2.75, 3.05) is 33.3 Å². The molecular weight excluding hydrogens is 420 g/mol. The molecule has 4 rings (SSSR count). The first-order chi connectivity index (χ1) is 15.7. The number of hydrogen-bond donors (Lipinski definition) is 0. The summed E-state index contributed by atoms with van der Waals surface area (Å²) in [6.07, 6.45) is 1.71. The van der Waals surface area contributed by atoms with Crippen LogP contribution in [0, 0.1) is 11.3 Å². The molecule has 7 heteroatoms. The Kier molecular flexibility index (Phi) is 7.05. The molecule has 1 fully saturated rings. The summed E-state index contributed by atoms with van der Waals surface area (Å²) in [6, 6.07) is 23.2. The Balaban J connectivity index is 1.43. The maximum Gasteiger partial charge on any atom is 0.256 e. The Hall–Kier alpha value is -3.34. The molecule has 1 aliphatic heterocycles. The molecule has 0 saturated carbocycles. The lowest BCUT2D eigenvalue weighted by Gasteiger charge is -2.37. The maximum absolute atomic E-state index is 13.3. The number of aromatic nitrogens is 1. The standard InChI is InChI=1S/C25H24N4O2S/c1-31-20-11-9-19(10-12-20)23(18-26)28-14-16-29(17-15-28)25(30)22-8-5-13-27-24(22)32-21-6-3-2-4-7-21/h2-13,23H,14-17H2,1H3. The predicted octanol–water partition coefficient (Wildman–Crippen LogP) is 4.26. The molecule has 6 nitrogen and oxygen atoms in total. The summed E-state index contributed by atoms with van der Waals surface area (Å²) < 4.78 is 5.21. The van der Waals surface area contributed by atoms with Crippen LogP contribution in [0.15, 0.2) is 82.8 Å². The Labute approximate surface area is 192 Å². The lowest BCUT2D eigenvalue weighted by Crippen LogP contribution is -2.49. The minimum Gasteiger partial charge on any atom is -0.497 e. The number of methoxy groups -OCH3 is 1. The van der Waals surface area contributed by atoms with E-state index >= 15 is 0 Å². The van der Waals surface area contributed by atoms with Crippen molar-refractivity contribution in [2.24, 2.45) is 0 Å². The van der Waals surface area contributed by atoms with Gasteiger partial charge in [-0.2, -0.15) is 5.26 Å². The van der Waals surface area contributed by atoms with Gasteiger partial charge in [-0.15, -0.1) is 0 Å². The van der Waals surface area contributed by atoms with Crippen LogP contribution in [0.3, 0.4) is 0 Å². The van der Waals surface area contributed by atoms with Crippen LogP contribution in [0.4, 0.5) is 0 Å². The molecule has 2 heterocycles. The number of hydrogen-bond acceptors (Lipinski definition) is 6. The third-order valence-corrected chi connectivity index (χ3v) is 6.51. The fourth-order valence-corrected chi connectivity index (χ4v) is 4.64. The van der Waals surface area contributed by atoms with E-state index in [4.69, 9.17) is 4.74 Å². The second-order valence-electron chi connectivity index (χ2n) is 7.40. The number of pyridine rings is 1. The number of rotatable bonds is 6. The second kappa shape index (κ2) is 10.3. The molecule has 0 N–H and O–H groups in total. The van der Waals surface area contributed by atoms with Crippen molar-refractivity contribution in [1.29, 1.82) is 5.26 Å². The van der Waals surface area contributed by atoms with Gasteiger partial charge in [-0.3, -0.25) is 9.69 Å². The van der Waals surface area contributed by atoms with Gasteiger partial charge in [-0.05, 0) is 42.0 Å². The van der Waals surface area contributed by atoms with E-state index in [9.17, 15) is 10.1 Å². The first-order valence-corrected chi connectivity index (χ1v) is 11.3. The Morgan fingerprint density at radius 3 is 2.41 bits per heavy atom. The molecule has 0 bridgehead atoms. The van der Waals surface area contributed by atoms with E-state index in [0.717, 1.165) is 16.2 Å². The number of nitrogens with zero attached hydrogens (tertiary/aromatic N) is 4. The summed E-state index contributed by atoms with van der Waals surface area (Å²) in [5.74, 6) is 0.746. The van der Waals surface area contributed by atoms with Crippen LogP contribution in [-0.2, 0) is 0 Å². The zero-order chi connectivity index (χ0) is 22.3. The van der Waals surface area contributed by atoms with Crippen molar-refractivity contribution in [3.63, 3.8) is 0 Å². The van der Waals surface area contributed by atoms with Crippen molar-refractivity contribution >= 4 is 17.7 Å². The Bertz CT molecular complexity index is 1090. The highest BCUT2D eigenvalue weighted by Gasteiger charge is 2.28. The summed E-state index contributed by atoms with van der Waals surface area (Å²) in [5.41, 5.74) is 1.55. The van der Waals surface area contributed by atoms with Crippen molar-refractivity contribution in [1.82, 2.24) is 14.8 Å². The minimum absolute atomic E-state index is 0.0193. The zero-order valence-corrected chi connectivity index (χ0v) is 18.7. The van der Waals surface area contributed by atoms with Gasteiger partial charge in [0, 0.05) is 37.3 Å². The third-order valence-electron chi connectivity index (χ3n) is 5.48. The normalized spacial score (nSPS) is 15.1. The fraction of sp³-hybridized carbons (Fsp3) is 0.240. The van der Waals surface area contributed by atoms with E-state index in [1.165, 1.54) is 11.8 Å². The van der Waals surface area contributed by atoms with Crippen molar-refractivity contribution in [3.05, 3.63) is 84.1 Å². The highest BCUT2D eigenvalue weighted by molar-refractivity contribution is 7.99. The average Bonchev–Trinajstić information content (AvgIpc) is 2.86. The molecule has 1 aliphatic rings. The Morgan fingerprint density at radius 1 is 1.03 bits per heavy atom. The first kappa shape index (κ1) is 21.9. The van der Waals surface area contributed by atoms with Gasteiger partial charge in [0.15, 0.2) is 0 Å². The van der Waals surface area contributed by atoms with Gasteiger partial charge < -0.3 is 9.64 Å². The van der Waals surface area contributed by atoms with Gasteiger partial charge in [-0.1, -0.05) is 42.1 Å². The molecule has 2 aromatic carbocycles. The van der Waals surface area contributed by atoms with Crippen LogP contribution in [0.5, 0.6) is 5.75 Å². The molecule has 162 valence electrons.